The number of epoxide rings is 1. The molecular formula is C22H36O3. The molecule has 0 N–H and O–H groups in total. The Labute approximate surface area is 153 Å². The van der Waals surface area contributed by atoms with E-state index in [-0.39, 0.29) is 44.1 Å². The van der Waals surface area contributed by atoms with E-state index in [1.165, 1.54) is 38.5 Å². The minimum absolute atomic E-state index is 0.0523. The van der Waals surface area contributed by atoms with Gasteiger partial charge in [0.1, 0.15) is 11.2 Å². The van der Waals surface area contributed by atoms with Crippen molar-refractivity contribution in [2.45, 2.75) is 116 Å². The largest absolute Gasteiger partial charge is 0.354 e. The maximum Gasteiger partial charge on any atom is 0.176 e. The van der Waals surface area contributed by atoms with Gasteiger partial charge in [0.05, 0.1) is 0 Å². The van der Waals surface area contributed by atoms with E-state index in [1.807, 2.05) is 0 Å². The Bertz CT molecular complexity index is 608. The first-order valence-electron chi connectivity index (χ1n) is 10.4. The fourth-order valence-electron chi connectivity index (χ4n) is 8.57. The normalized spacial score (nSPS) is 55.7. The summed E-state index contributed by atoms with van der Waals surface area (Å²) in [5.74, 6) is 0. The minimum atomic E-state index is -0.321. The van der Waals surface area contributed by atoms with E-state index < -0.39 is 0 Å². The second kappa shape index (κ2) is 3.86. The molecule has 142 valence electrons. The van der Waals surface area contributed by atoms with Crippen molar-refractivity contribution in [1.82, 2.24) is 0 Å². The topological polar surface area (TPSA) is 31.0 Å². The van der Waals surface area contributed by atoms with Gasteiger partial charge >= 0.3 is 0 Å². The van der Waals surface area contributed by atoms with Crippen LogP contribution in [0.1, 0.15) is 93.9 Å². The Morgan fingerprint density at radius 2 is 0.720 bits per heavy atom. The Morgan fingerprint density at radius 3 is 1.00 bits per heavy atom. The third-order valence-electron chi connectivity index (χ3n) is 9.56. The van der Waals surface area contributed by atoms with E-state index in [2.05, 4.69) is 55.4 Å². The fourth-order valence-corrected chi connectivity index (χ4v) is 8.57. The second-order valence-corrected chi connectivity index (χ2v) is 12.2. The lowest BCUT2D eigenvalue weighted by molar-refractivity contribution is -0.640. The van der Waals surface area contributed by atoms with Gasteiger partial charge < -0.3 is 4.74 Å². The zero-order valence-corrected chi connectivity index (χ0v) is 17.5. The molecule has 0 spiro atoms. The molecule has 3 saturated carbocycles. The first kappa shape index (κ1) is 17.0. The maximum absolute atomic E-state index is 7.07. The van der Waals surface area contributed by atoms with Gasteiger partial charge in [0.25, 0.3) is 0 Å². The Hall–Kier alpha value is -0.120. The molecule has 0 amide bonds. The number of hydrogen-bond acceptors (Lipinski definition) is 3. The summed E-state index contributed by atoms with van der Waals surface area (Å²) < 4.78 is 7.07. The van der Waals surface area contributed by atoms with Crippen molar-refractivity contribution >= 4 is 0 Å². The van der Waals surface area contributed by atoms with Crippen LogP contribution in [0.25, 0.3) is 0 Å². The molecule has 5 aliphatic rings. The predicted octanol–water partition coefficient (Wildman–Crippen LogP) is 5.42. The third kappa shape index (κ3) is 1.17. The van der Waals surface area contributed by atoms with Crippen LogP contribution in [-0.2, 0) is 14.5 Å². The monoisotopic (exact) mass is 348 g/mol. The summed E-state index contributed by atoms with van der Waals surface area (Å²) >= 11 is 0. The molecule has 2 saturated heterocycles. The molecule has 0 aromatic rings. The van der Waals surface area contributed by atoms with E-state index >= 15 is 0 Å². The van der Waals surface area contributed by atoms with Crippen LogP contribution in [0.15, 0.2) is 0 Å². The summed E-state index contributed by atoms with van der Waals surface area (Å²) in [7, 11) is 0. The van der Waals surface area contributed by atoms with Crippen molar-refractivity contribution in [3.05, 3.63) is 0 Å². The van der Waals surface area contributed by atoms with Crippen LogP contribution in [0.4, 0.5) is 0 Å². The van der Waals surface area contributed by atoms with Crippen molar-refractivity contribution in [3.8, 4) is 0 Å². The van der Waals surface area contributed by atoms with Crippen LogP contribution in [0.3, 0.4) is 0 Å². The van der Waals surface area contributed by atoms with Gasteiger partial charge in [-0.15, -0.1) is 0 Å². The molecular weight excluding hydrogens is 312 g/mol. The van der Waals surface area contributed by atoms with E-state index in [0.717, 1.165) is 0 Å². The average molecular weight is 349 g/mol. The van der Waals surface area contributed by atoms with E-state index in [0.29, 0.717) is 0 Å². The molecule has 0 radical (unpaired) electrons. The highest BCUT2D eigenvalue weighted by Gasteiger charge is 3.14. The number of rotatable bonds is 0. The summed E-state index contributed by atoms with van der Waals surface area (Å²) in [5, 5.41) is 0. The Balaban J connectivity index is 1.84. The van der Waals surface area contributed by atoms with Crippen LogP contribution in [0.5, 0.6) is 0 Å². The average Bonchev–Trinajstić information content (AvgIpc) is 3.06. The molecule has 3 aliphatic carbocycles. The third-order valence-corrected chi connectivity index (χ3v) is 9.56. The summed E-state index contributed by atoms with van der Waals surface area (Å²) in [4.78, 5) is 12.6. The second-order valence-electron chi connectivity index (χ2n) is 12.2. The molecule has 5 rings (SSSR count). The van der Waals surface area contributed by atoms with E-state index in [4.69, 9.17) is 14.5 Å². The summed E-state index contributed by atoms with van der Waals surface area (Å²) in [6.45, 7) is 19.3. The predicted molar refractivity (Wildman–Crippen MR) is 97.0 cm³/mol. The van der Waals surface area contributed by atoms with Gasteiger partial charge in [0.2, 0.25) is 0 Å². The summed E-state index contributed by atoms with van der Waals surface area (Å²) in [6, 6.07) is 0. The molecule has 0 bridgehead atoms. The molecule has 5 fully saturated rings. The van der Waals surface area contributed by atoms with Gasteiger partial charge in [0, 0.05) is 10.8 Å². The quantitative estimate of drug-likeness (QED) is 0.432. The fraction of sp³-hybridized carbons (Fsp3) is 1.00. The van der Waals surface area contributed by atoms with Crippen LogP contribution < -0.4 is 0 Å². The van der Waals surface area contributed by atoms with Gasteiger partial charge in [0.15, 0.2) is 11.2 Å². The first-order chi connectivity index (χ1) is 11.3. The Morgan fingerprint density at radius 1 is 0.440 bits per heavy atom. The maximum atomic E-state index is 7.07. The van der Waals surface area contributed by atoms with E-state index in [9.17, 15) is 0 Å². The lowest BCUT2D eigenvalue weighted by atomic mass is 9.30. The zero-order chi connectivity index (χ0) is 18.4. The van der Waals surface area contributed by atoms with Crippen LogP contribution in [-0.4, -0.2) is 22.4 Å². The van der Waals surface area contributed by atoms with Crippen molar-refractivity contribution < 1.29 is 14.5 Å². The van der Waals surface area contributed by atoms with Crippen molar-refractivity contribution in [3.63, 3.8) is 0 Å². The van der Waals surface area contributed by atoms with Crippen molar-refractivity contribution in [2.75, 3.05) is 0 Å². The van der Waals surface area contributed by atoms with Crippen LogP contribution in [0.2, 0.25) is 0 Å². The molecule has 0 aromatic heterocycles. The lowest BCUT2D eigenvalue weighted by Gasteiger charge is -2.79. The summed E-state index contributed by atoms with van der Waals surface area (Å²) in [5.41, 5.74) is -0.756. The van der Waals surface area contributed by atoms with Gasteiger partial charge in [-0.05, 0) is 36.5 Å². The molecule has 4 atom stereocenters. The van der Waals surface area contributed by atoms with Crippen molar-refractivity contribution in [2.24, 2.45) is 21.7 Å². The van der Waals surface area contributed by atoms with Gasteiger partial charge in [-0.3, -0.25) is 0 Å². The standard InChI is InChI=1S/C22H36O3/c1-15(2)11-9-12-16(3,4)20-19(15,23-20)21-17(5,6)13-10-14-18(7,8)22(20,21)25-24-21/h9-14H2,1-8H3/t19-,20-,21-,22+/m0/s1. The van der Waals surface area contributed by atoms with Crippen LogP contribution in [0, 0.1) is 21.7 Å². The van der Waals surface area contributed by atoms with Gasteiger partial charge in [-0.2, -0.15) is 0 Å². The van der Waals surface area contributed by atoms with Gasteiger partial charge in [-0.25, -0.2) is 9.78 Å². The molecule has 0 aromatic carbocycles. The van der Waals surface area contributed by atoms with Crippen molar-refractivity contribution in [1.29, 1.82) is 0 Å². The number of hydrogen-bond donors (Lipinski definition) is 0. The highest BCUT2D eigenvalue weighted by molar-refractivity contribution is 5.59. The number of ether oxygens (including phenoxy) is 1. The smallest absolute Gasteiger partial charge is 0.176 e. The highest BCUT2D eigenvalue weighted by Crippen LogP contribution is 2.96. The molecule has 2 heterocycles. The molecule has 2 aliphatic heterocycles. The molecule has 3 nitrogen and oxygen atoms in total. The van der Waals surface area contributed by atoms with Gasteiger partial charge in [-0.1, -0.05) is 68.2 Å². The lowest BCUT2D eigenvalue weighted by Crippen LogP contribution is -2.99. The van der Waals surface area contributed by atoms with Crippen LogP contribution >= 0.6 is 0 Å². The summed E-state index contributed by atoms with van der Waals surface area (Å²) in [6.07, 6.45) is 7.27. The SMILES string of the molecule is CC1(C)CCCC(C)(C)[C@]23OO[C@]12[C@@]12O[C@]31C(C)(C)CCCC2(C)C. The molecule has 25 heavy (non-hydrogen) atoms. The first-order valence-corrected chi connectivity index (χ1v) is 10.4. The zero-order valence-electron chi connectivity index (χ0n) is 17.5. The minimum Gasteiger partial charge on any atom is -0.354 e. The molecule has 0 unspecified atom stereocenters. The Kier molecular flexibility index (Phi) is 2.63. The molecule has 3 heteroatoms. The highest BCUT2D eigenvalue weighted by atomic mass is 17.3. The van der Waals surface area contributed by atoms with E-state index in [1.54, 1.807) is 0 Å².